The average molecular weight is 290 g/mol. The highest BCUT2D eigenvalue weighted by molar-refractivity contribution is 5.89. The molecule has 1 rings (SSSR count). The van der Waals surface area contributed by atoms with Crippen LogP contribution in [-0.4, -0.2) is 17.6 Å². The van der Waals surface area contributed by atoms with E-state index in [-0.39, 0.29) is 11.3 Å². The fourth-order valence-corrected chi connectivity index (χ4v) is 1.79. The molecule has 7 heteroatoms. The number of nitrogens with one attached hydrogen (secondary N) is 1. The molecule has 1 aromatic carbocycles. The van der Waals surface area contributed by atoms with Gasteiger partial charge in [-0.25, -0.2) is 0 Å². The van der Waals surface area contributed by atoms with Crippen molar-refractivity contribution in [3.63, 3.8) is 0 Å². The summed E-state index contributed by atoms with van der Waals surface area (Å²) in [7, 11) is 0. The maximum absolute atomic E-state index is 12.6. The van der Waals surface area contributed by atoms with E-state index in [9.17, 15) is 23.1 Å². The Morgan fingerprint density at radius 2 is 2.10 bits per heavy atom. The molecule has 1 atom stereocenters. The molecule has 1 aromatic rings. The number of aliphatic hydroxyl groups excluding tert-OH is 1. The predicted molar refractivity (Wildman–Crippen MR) is 69.0 cm³/mol. The minimum absolute atomic E-state index is 0.0307. The van der Waals surface area contributed by atoms with Gasteiger partial charge in [0.2, 0.25) is 5.91 Å². The molecule has 0 bridgehead atoms. The second-order valence-corrected chi connectivity index (χ2v) is 4.43. The lowest BCUT2D eigenvalue weighted by Gasteiger charge is -2.17. The molecule has 0 heterocycles. The van der Waals surface area contributed by atoms with Crippen molar-refractivity contribution < 1.29 is 23.1 Å². The molecular weight excluding hydrogens is 273 g/mol. The fraction of sp³-hybridized carbons (Fsp3) is 0.462. The summed E-state index contributed by atoms with van der Waals surface area (Å²) in [5, 5.41) is 12.3. The first-order valence-electron chi connectivity index (χ1n) is 6.12. The van der Waals surface area contributed by atoms with E-state index in [1.54, 1.807) is 0 Å². The number of hydrogen-bond acceptors (Lipinski definition) is 3. The van der Waals surface area contributed by atoms with Crippen molar-refractivity contribution in [2.24, 2.45) is 5.73 Å². The Balaban J connectivity index is 3.12. The van der Waals surface area contributed by atoms with E-state index in [0.29, 0.717) is 19.4 Å². The summed E-state index contributed by atoms with van der Waals surface area (Å²) in [6.45, 7) is 1.56. The van der Waals surface area contributed by atoms with Crippen LogP contribution in [0.5, 0.6) is 0 Å². The molecule has 20 heavy (non-hydrogen) atoms. The first-order chi connectivity index (χ1) is 9.25. The third-order valence-corrected chi connectivity index (χ3v) is 2.73. The van der Waals surface area contributed by atoms with E-state index in [2.05, 4.69) is 5.32 Å². The molecule has 1 amide bonds. The van der Waals surface area contributed by atoms with Gasteiger partial charge in [0.1, 0.15) is 0 Å². The number of amides is 1. The van der Waals surface area contributed by atoms with E-state index in [1.165, 1.54) is 13.0 Å². The summed E-state index contributed by atoms with van der Waals surface area (Å²) in [5.74, 6) is -0.503. The van der Waals surface area contributed by atoms with Crippen LogP contribution < -0.4 is 11.1 Å². The second kappa shape index (κ2) is 6.71. The maximum atomic E-state index is 12.6. The molecule has 0 aliphatic rings. The van der Waals surface area contributed by atoms with Gasteiger partial charge in [0.15, 0.2) is 0 Å². The molecule has 0 radical (unpaired) electrons. The Hall–Kier alpha value is -1.60. The topological polar surface area (TPSA) is 75.3 Å². The summed E-state index contributed by atoms with van der Waals surface area (Å²) < 4.78 is 37.9. The van der Waals surface area contributed by atoms with E-state index >= 15 is 0 Å². The predicted octanol–water partition coefficient (Wildman–Crippen LogP) is 2.44. The van der Waals surface area contributed by atoms with Crippen molar-refractivity contribution >= 4 is 11.6 Å². The van der Waals surface area contributed by atoms with Gasteiger partial charge in [-0.1, -0.05) is 6.07 Å². The smallest absolute Gasteiger partial charge is 0.388 e. The minimum atomic E-state index is -4.51. The Morgan fingerprint density at radius 3 is 2.60 bits per heavy atom. The molecule has 0 fully saturated rings. The number of carbonyl (C=O) groups is 1. The van der Waals surface area contributed by atoms with Gasteiger partial charge < -0.3 is 16.2 Å². The summed E-state index contributed by atoms with van der Waals surface area (Å²) in [6.07, 6.45) is -4.63. The van der Waals surface area contributed by atoms with Crippen molar-refractivity contribution in [3.05, 3.63) is 29.3 Å². The van der Waals surface area contributed by atoms with E-state index < -0.39 is 23.8 Å². The zero-order valence-electron chi connectivity index (χ0n) is 11.0. The molecule has 0 aliphatic heterocycles. The number of anilines is 1. The van der Waals surface area contributed by atoms with Gasteiger partial charge in [-0.15, -0.1) is 0 Å². The number of carbonyl (C=O) groups excluding carboxylic acids is 1. The number of nitrogens with two attached hydrogens (primary N) is 1. The van der Waals surface area contributed by atoms with Crippen molar-refractivity contribution in [3.8, 4) is 0 Å². The number of aliphatic hydroxyl groups is 1. The van der Waals surface area contributed by atoms with Crippen LogP contribution in [0.15, 0.2) is 18.2 Å². The third kappa shape index (κ3) is 4.50. The van der Waals surface area contributed by atoms with Crippen molar-refractivity contribution in [2.45, 2.75) is 32.0 Å². The average Bonchev–Trinajstić information content (AvgIpc) is 2.34. The van der Waals surface area contributed by atoms with Crippen molar-refractivity contribution in [2.75, 3.05) is 11.9 Å². The fourth-order valence-electron chi connectivity index (χ4n) is 1.79. The third-order valence-electron chi connectivity index (χ3n) is 2.73. The lowest BCUT2D eigenvalue weighted by atomic mass is 10.0. The Bertz CT molecular complexity index is 475. The molecular formula is C13H17F3N2O2. The number of alkyl halides is 3. The summed E-state index contributed by atoms with van der Waals surface area (Å²) in [6, 6.07) is 2.88. The zero-order valence-corrected chi connectivity index (χ0v) is 11.0. The van der Waals surface area contributed by atoms with E-state index in [4.69, 9.17) is 5.73 Å². The largest absolute Gasteiger partial charge is 0.416 e. The molecule has 0 saturated carbocycles. The number of hydrogen-bond donors (Lipinski definition) is 3. The summed E-state index contributed by atoms with van der Waals surface area (Å²) in [5.41, 5.74) is 4.67. The highest BCUT2D eigenvalue weighted by Gasteiger charge is 2.31. The first-order valence-corrected chi connectivity index (χ1v) is 6.12. The lowest BCUT2D eigenvalue weighted by Crippen LogP contribution is -2.13. The molecule has 1 unspecified atom stereocenters. The lowest BCUT2D eigenvalue weighted by molar-refractivity contribution is -0.137. The van der Waals surface area contributed by atoms with Gasteiger partial charge in [0, 0.05) is 18.2 Å². The summed E-state index contributed by atoms with van der Waals surface area (Å²) in [4.78, 5) is 11.1. The van der Waals surface area contributed by atoms with E-state index in [1.807, 2.05) is 0 Å². The van der Waals surface area contributed by atoms with Gasteiger partial charge in [-0.3, -0.25) is 4.79 Å². The monoisotopic (exact) mass is 290 g/mol. The first kappa shape index (κ1) is 16.5. The highest BCUT2D eigenvalue weighted by Crippen LogP contribution is 2.34. The van der Waals surface area contributed by atoms with Gasteiger partial charge in [-0.05, 0) is 31.5 Å². The molecule has 0 spiro atoms. The molecule has 0 saturated heterocycles. The molecule has 4 nitrogen and oxygen atoms in total. The van der Waals surface area contributed by atoms with Crippen LogP contribution in [-0.2, 0) is 11.0 Å². The van der Waals surface area contributed by atoms with Crippen LogP contribution in [0.4, 0.5) is 18.9 Å². The summed E-state index contributed by atoms with van der Waals surface area (Å²) >= 11 is 0. The SMILES string of the molecule is CC(=O)Nc1cc(C(F)(F)F)ccc1C(O)CCCN. The number of benzene rings is 1. The Labute approximate surface area is 114 Å². The molecule has 112 valence electrons. The van der Waals surface area contributed by atoms with Crippen molar-refractivity contribution in [1.82, 2.24) is 0 Å². The van der Waals surface area contributed by atoms with E-state index in [0.717, 1.165) is 12.1 Å². The quantitative estimate of drug-likeness (QED) is 0.779. The van der Waals surface area contributed by atoms with Crippen molar-refractivity contribution in [1.29, 1.82) is 0 Å². The Morgan fingerprint density at radius 1 is 1.45 bits per heavy atom. The Kier molecular flexibility index (Phi) is 5.52. The zero-order chi connectivity index (χ0) is 15.3. The van der Waals surface area contributed by atoms with Crippen LogP contribution in [0.25, 0.3) is 0 Å². The molecule has 0 aliphatic carbocycles. The van der Waals surface area contributed by atoms with Crippen LogP contribution in [0.3, 0.4) is 0 Å². The van der Waals surface area contributed by atoms with Crippen LogP contribution >= 0.6 is 0 Å². The molecule has 0 aromatic heterocycles. The van der Waals surface area contributed by atoms with Gasteiger partial charge >= 0.3 is 6.18 Å². The molecule has 4 N–H and O–H groups in total. The number of rotatable bonds is 5. The van der Waals surface area contributed by atoms with Crippen LogP contribution in [0.2, 0.25) is 0 Å². The van der Waals surface area contributed by atoms with Gasteiger partial charge in [0.05, 0.1) is 11.7 Å². The standard InChI is InChI=1S/C13H17F3N2O2/c1-8(19)18-11-7-9(13(14,15)16)4-5-10(11)12(20)3-2-6-17/h4-5,7,12,20H,2-3,6,17H2,1H3,(H,18,19). The van der Waals surface area contributed by atoms with Crippen LogP contribution in [0.1, 0.15) is 37.0 Å². The normalized spacial score (nSPS) is 13.1. The minimum Gasteiger partial charge on any atom is -0.388 e. The highest BCUT2D eigenvalue weighted by atomic mass is 19.4. The van der Waals surface area contributed by atoms with Crippen LogP contribution in [0, 0.1) is 0 Å². The van der Waals surface area contributed by atoms with Gasteiger partial charge in [-0.2, -0.15) is 13.2 Å². The maximum Gasteiger partial charge on any atom is 0.416 e. The number of halogens is 3. The second-order valence-electron chi connectivity index (χ2n) is 4.43. The van der Waals surface area contributed by atoms with Gasteiger partial charge in [0.25, 0.3) is 0 Å².